The first-order valence-corrected chi connectivity index (χ1v) is 19.1. The van der Waals surface area contributed by atoms with Gasteiger partial charge in [-0.15, -0.1) is 0 Å². The van der Waals surface area contributed by atoms with Gasteiger partial charge in [0.2, 0.25) is 17.7 Å². The van der Waals surface area contributed by atoms with Crippen molar-refractivity contribution in [3.63, 3.8) is 0 Å². The predicted molar refractivity (Wildman–Crippen MR) is 219 cm³/mol. The third kappa shape index (κ3) is 8.91. The van der Waals surface area contributed by atoms with Crippen LogP contribution in [0.1, 0.15) is 87.9 Å². The summed E-state index contributed by atoms with van der Waals surface area (Å²) >= 11 is 0. The second kappa shape index (κ2) is 17.5. The van der Waals surface area contributed by atoms with E-state index in [1.807, 2.05) is 20.8 Å². The van der Waals surface area contributed by atoms with Crippen LogP contribution in [-0.4, -0.2) is 83.5 Å². The highest BCUT2D eigenvalue weighted by Gasteiger charge is 2.39. The molecule has 0 bridgehead atoms. The Labute approximate surface area is 336 Å². The van der Waals surface area contributed by atoms with Crippen LogP contribution in [-0.2, 0) is 19.1 Å². The van der Waals surface area contributed by atoms with Crippen molar-refractivity contribution >= 4 is 64.2 Å². The van der Waals surface area contributed by atoms with Gasteiger partial charge in [0.15, 0.2) is 0 Å². The lowest BCUT2D eigenvalue weighted by Crippen LogP contribution is -2.47. The number of rotatable bonds is 10. The van der Waals surface area contributed by atoms with Gasteiger partial charge in [0.1, 0.15) is 12.1 Å². The van der Waals surface area contributed by atoms with Gasteiger partial charge in [-0.25, -0.2) is 4.79 Å². The number of carbonyl (C=O) groups is 7. The maximum Gasteiger partial charge on any atom is 0.339 e. The molecule has 0 saturated carbocycles. The number of para-hydroxylation sites is 4. The molecule has 58 heavy (non-hydrogen) atoms. The zero-order chi connectivity index (χ0) is 41.6. The molecular weight excluding hydrogens is 741 g/mol. The highest BCUT2D eigenvalue weighted by molar-refractivity contribution is 6.15. The Morgan fingerprint density at radius 3 is 1.38 bits per heavy atom. The van der Waals surface area contributed by atoms with Crippen LogP contribution in [0.15, 0.2) is 97.1 Å². The Kier molecular flexibility index (Phi) is 12.3. The number of nitrogens with one attached hydrogen (secondary N) is 4. The third-order valence-corrected chi connectivity index (χ3v) is 10.1. The summed E-state index contributed by atoms with van der Waals surface area (Å²) in [6, 6.07) is 24.2. The number of hydrogen-bond donors (Lipinski definition) is 4. The number of benzene rings is 4. The lowest BCUT2D eigenvalue weighted by molar-refractivity contribution is -0.143. The number of amides is 6. The largest absolute Gasteiger partial charge is 0.465 e. The monoisotopic (exact) mass is 786 g/mol. The van der Waals surface area contributed by atoms with E-state index in [0.29, 0.717) is 32.2 Å². The number of esters is 1. The fourth-order valence-corrected chi connectivity index (χ4v) is 7.20. The molecule has 14 nitrogen and oxygen atoms in total. The zero-order valence-corrected chi connectivity index (χ0v) is 32.8. The van der Waals surface area contributed by atoms with E-state index in [-0.39, 0.29) is 57.5 Å². The number of likely N-dealkylation sites (tertiary alicyclic amines) is 2. The van der Waals surface area contributed by atoms with E-state index in [1.165, 1.54) is 24.1 Å². The Hall–Kier alpha value is -6.83. The van der Waals surface area contributed by atoms with Gasteiger partial charge in [-0.3, -0.25) is 28.8 Å². The molecule has 0 radical (unpaired) electrons. The smallest absolute Gasteiger partial charge is 0.339 e. The van der Waals surface area contributed by atoms with E-state index in [2.05, 4.69) is 21.3 Å². The molecule has 2 heterocycles. The average molecular weight is 787 g/mol. The van der Waals surface area contributed by atoms with Crippen LogP contribution in [0.5, 0.6) is 0 Å². The fourth-order valence-electron chi connectivity index (χ4n) is 7.20. The molecule has 0 spiro atoms. The molecule has 6 amide bonds. The topological polar surface area (TPSA) is 183 Å². The molecule has 6 rings (SSSR count). The Balaban J connectivity index is 1.15. The number of nitrogens with zero attached hydrogens (tertiary/aromatic N) is 2. The van der Waals surface area contributed by atoms with Crippen LogP contribution in [0.3, 0.4) is 0 Å². The van der Waals surface area contributed by atoms with Crippen LogP contribution in [0.4, 0.5) is 22.7 Å². The van der Waals surface area contributed by atoms with Gasteiger partial charge in [0, 0.05) is 18.5 Å². The minimum atomic E-state index is -0.885. The van der Waals surface area contributed by atoms with Gasteiger partial charge in [0.25, 0.3) is 17.7 Å². The minimum absolute atomic E-state index is 0.122. The van der Waals surface area contributed by atoms with Gasteiger partial charge >= 0.3 is 5.97 Å². The Morgan fingerprint density at radius 2 is 0.914 bits per heavy atom. The summed E-state index contributed by atoms with van der Waals surface area (Å²) in [5, 5.41) is 11.2. The van der Waals surface area contributed by atoms with E-state index in [4.69, 9.17) is 4.74 Å². The van der Waals surface area contributed by atoms with Crippen molar-refractivity contribution in [2.24, 2.45) is 5.41 Å². The number of methoxy groups -OCH3 is 1. The van der Waals surface area contributed by atoms with Crippen molar-refractivity contribution in [3.8, 4) is 0 Å². The summed E-state index contributed by atoms with van der Waals surface area (Å²) in [5.41, 5.74) is 0.845. The van der Waals surface area contributed by atoms with E-state index < -0.39 is 53.0 Å². The van der Waals surface area contributed by atoms with E-state index in [9.17, 15) is 33.6 Å². The molecule has 2 atom stereocenters. The van der Waals surface area contributed by atoms with Crippen LogP contribution in [0.25, 0.3) is 0 Å². The lowest BCUT2D eigenvalue weighted by atomic mass is 9.94. The highest BCUT2D eigenvalue weighted by atomic mass is 16.5. The quantitative estimate of drug-likeness (QED) is 0.137. The first kappa shape index (κ1) is 40.8. The molecule has 4 aromatic rings. The average Bonchev–Trinajstić information content (AvgIpc) is 3.92. The number of ether oxygens (including phenoxy) is 1. The maximum atomic E-state index is 14.2. The normalized spacial score (nSPS) is 16.3. The van der Waals surface area contributed by atoms with Gasteiger partial charge in [0.05, 0.1) is 52.1 Å². The summed E-state index contributed by atoms with van der Waals surface area (Å²) < 4.78 is 4.83. The summed E-state index contributed by atoms with van der Waals surface area (Å²) in [6.07, 6.45) is 2.09. The molecule has 4 aromatic carbocycles. The first-order valence-electron chi connectivity index (χ1n) is 19.1. The molecule has 300 valence electrons. The summed E-state index contributed by atoms with van der Waals surface area (Å²) in [4.78, 5) is 97.1. The van der Waals surface area contributed by atoms with Gasteiger partial charge in [-0.2, -0.15) is 0 Å². The second-order valence-corrected chi connectivity index (χ2v) is 15.1. The van der Waals surface area contributed by atoms with Crippen molar-refractivity contribution < 1.29 is 38.3 Å². The highest BCUT2D eigenvalue weighted by Crippen LogP contribution is 2.29. The molecule has 2 aliphatic heterocycles. The minimum Gasteiger partial charge on any atom is -0.465 e. The molecule has 0 aromatic heterocycles. The van der Waals surface area contributed by atoms with Crippen LogP contribution >= 0.6 is 0 Å². The summed E-state index contributed by atoms with van der Waals surface area (Å²) in [6.45, 7) is 6.18. The summed E-state index contributed by atoms with van der Waals surface area (Å²) in [7, 11) is 1.24. The van der Waals surface area contributed by atoms with E-state index >= 15 is 0 Å². The summed E-state index contributed by atoms with van der Waals surface area (Å²) in [5.74, 6) is -3.28. The van der Waals surface area contributed by atoms with Crippen molar-refractivity contribution in [2.75, 3.05) is 41.5 Å². The molecule has 4 N–H and O–H groups in total. The molecule has 2 fully saturated rings. The lowest BCUT2D eigenvalue weighted by Gasteiger charge is -2.30. The number of carbonyl (C=O) groups excluding carboxylic acids is 7. The Morgan fingerprint density at radius 1 is 0.534 bits per heavy atom. The molecular formula is C44H46N6O8. The van der Waals surface area contributed by atoms with Gasteiger partial charge in [-0.1, -0.05) is 69.3 Å². The molecule has 2 saturated heterocycles. The molecule has 0 unspecified atom stereocenters. The number of hydrogen-bond acceptors (Lipinski definition) is 8. The molecule has 2 aliphatic rings. The fraction of sp³-hybridized carbons (Fsp3) is 0.295. The maximum absolute atomic E-state index is 14.2. The molecule has 14 heteroatoms. The van der Waals surface area contributed by atoms with Gasteiger partial charge < -0.3 is 35.8 Å². The number of anilines is 4. The first-order chi connectivity index (χ1) is 27.8. The SMILES string of the molecule is COC(=O)c1ccccc1NC(=O)c1ccccc1NC(=O)[C@H]1CCCN1C(=O)c1ccccc1NC(=O)c1ccccc1NC(=O)[C@@H]1CCCN1C(=O)C(C)(C)C. The third-order valence-electron chi connectivity index (χ3n) is 10.1. The van der Waals surface area contributed by atoms with E-state index in [0.717, 1.165) is 0 Å². The molecule has 0 aliphatic carbocycles. The van der Waals surface area contributed by atoms with Crippen LogP contribution < -0.4 is 21.3 Å². The van der Waals surface area contributed by atoms with Gasteiger partial charge in [-0.05, 0) is 74.2 Å². The second-order valence-electron chi connectivity index (χ2n) is 15.1. The Bertz CT molecular complexity index is 2270. The van der Waals surface area contributed by atoms with Crippen molar-refractivity contribution in [1.29, 1.82) is 0 Å². The predicted octanol–water partition coefficient (Wildman–Crippen LogP) is 6.20. The van der Waals surface area contributed by atoms with Crippen molar-refractivity contribution in [1.82, 2.24) is 9.80 Å². The van der Waals surface area contributed by atoms with Crippen molar-refractivity contribution in [2.45, 2.75) is 58.5 Å². The van der Waals surface area contributed by atoms with Crippen molar-refractivity contribution in [3.05, 3.63) is 119 Å². The standard InChI is InChI=1S/C44H46N6O8/c1-44(2,3)43(57)50-26-14-24-36(50)40(54)48-32-20-10-5-15-27(32)37(51)45-33-21-11-7-17-29(33)41(55)49-25-13-23-35(49)39(53)47-31-19-9-6-16-28(31)38(52)46-34-22-12-8-18-30(34)42(56)58-4/h5-12,15-22,35-36H,13-14,23-26H2,1-4H3,(H,45,51)(H,46,52)(H,47,53)(H,48,54)/t35-,36+/m1/s1. The van der Waals surface area contributed by atoms with Crippen LogP contribution in [0, 0.1) is 5.41 Å². The zero-order valence-electron chi connectivity index (χ0n) is 32.8. The van der Waals surface area contributed by atoms with E-state index in [1.54, 1.807) is 89.8 Å². The van der Waals surface area contributed by atoms with Crippen LogP contribution in [0.2, 0.25) is 0 Å².